The Balaban J connectivity index is 2.74. The van der Waals surface area contributed by atoms with Crippen molar-refractivity contribution in [2.45, 2.75) is 53.1 Å². The average molecular weight is 362 g/mol. The second-order valence-corrected chi connectivity index (χ2v) is 7.51. The third-order valence-electron chi connectivity index (χ3n) is 5.34. The van der Waals surface area contributed by atoms with Crippen molar-refractivity contribution in [3.8, 4) is 16.9 Å². The standard InChI is InChI=1S/C22H28F2O2/c1-6-9-22(3,4)14(2)17-10-15(13-25)11-20(24)21(17)18-12-16(26-5)7-8-19(18)23/h7-8,10-12,14,25H,6,9,13H2,1-5H3. The normalized spacial score (nSPS) is 12.9. The summed E-state index contributed by atoms with van der Waals surface area (Å²) in [4.78, 5) is 0. The van der Waals surface area contributed by atoms with Crippen molar-refractivity contribution in [2.24, 2.45) is 5.41 Å². The van der Waals surface area contributed by atoms with Crippen LogP contribution in [0.25, 0.3) is 11.1 Å². The summed E-state index contributed by atoms with van der Waals surface area (Å²) >= 11 is 0. The maximum atomic E-state index is 15.0. The highest BCUT2D eigenvalue weighted by molar-refractivity contribution is 5.71. The fourth-order valence-electron chi connectivity index (χ4n) is 3.51. The van der Waals surface area contributed by atoms with Crippen LogP contribution in [0.1, 0.15) is 57.6 Å². The van der Waals surface area contributed by atoms with Gasteiger partial charge in [0, 0.05) is 11.1 Å². The van der Waals surface area contributed by atoms with E-state index in [4.69, 9.17) is 4.74 Å². The van der Waals surface area contributed by atoms with Gasteiger partial charge in [-0.05, 0) is 53.1 Å². The zero-order valence-electron chi connectivity index (χ0n) is 16.2. The Morgan fingerprint density at radius 2 is 1.81 bits per heavy atom. The largest absolute Gasteiger partial charge is 0.497 e. The van der Waals surface area contributed by atoms with E-state index in [-0.39, 0.29) is 29.1 Å². The lowest BCUT2D eigenvalue weighted by molar-refractivity contribution is 0.269. The highest BCUT2D eigenvalue weighted by atomic mass is 19.1. The number of aliphatic hydroxyl groups excluding tert-OH is 1. The number of methoxy groups -OCH3 is 1. The van der Waals surface area contributed by atoms with Gasteiger partial charge in [-0.1, -0.05) is 40.2 Å². The molecule has 0 radical (unpaired) electrons. The van der Waals surface area contributed by atoms with Crippen LogP contribution in [0.5, 0.6) is 5.75 Å². The van der Waals surface area contributed by atoms with Gasteiger partial charge in [0.15, 0.2) is 0 Å². The lowest BCUT2D eigenvalue weighted by Crippen LogP contribution is -2.21. The van der Waals surface area contributed by atoms with Crippen molar-refractivity contribution in [1.29, 1.82) is 0 Å². The quantitative estimate of drug-likeness (QED) is 0.648. The first-order valence-corrected chi connectivity index (χ1v) is 9.02. The zero-order valence-corrected chi connectivity index (χ0v) is 16.2. The van der Waals surface area contributed by atoms with Crippen molar-refractivity contribution >= 4 is 0 Å². The Kier molecular flexibility index (Phi) is 6.40. The molecule has 0 aromatic heterocycles. The van der Waals surface area contributed by atoms with Gasteiger partial charge in [0.1, 0.15) is 17.4 Å². The summed E-state index contributed by atoms with van der Waals surface area (Å²) in [6.07, 6.45) is 1.96. The van der Waals surface area contributed by atoms with Crippen LogP contribution in [0.2, 0.25) is 0 Å². The van der Waals surface area contributed by atoms with E-state index in [9.17, 15) is 9.50 Å². The number of ether oxygens (including phenoxy) is 1. The molecule has 26 heavy (non-hydrogen) atoms. The molecule has 1 unspecified atom stereocenters. The summed E-state index contributed by atoms with van der Waals surface area (Å²) in [5.74, 6) is -0.580. The molecule has 1 atom stereocenters. The van der Waals surface area contributed by atoms with E-state index in [0.29, 0.717) is 16.9 Å². The molecule has 0 heterocycles. The first kappa shape index (κ1) is 20.4. The average Bonchev–Trinajstić information content (AvgIpc) is 2.61. The first-order chi connectivity index (χ1) is 12.2. The van der Waals surface area contributed by atoms with Crippen molar-refractivity contribution < 1.29 is 18.6 Å². The van der Waals surface area contributed by atoms with Gasteiger partial charge in [-0.3, -0.25) is 0 Å². The van der Waals surface area contributed by atoms with Gasteiger partial charge >= 0.3 is 0 Å². The molecular formula is C22H28F2O2. The maximum Gasteiger partial charge on any atom is 0.131 e. The number of aliphatic hydroxyl groups is 1. The third kappa shape index (κ3) is 4.07. The van der Waals surface area contributed by atoms with Gasteiger partial charge in [0.05, 0.1) is 13.7 Å². The number of hydrogen-bond donors (Lipinski definition) is 1. The minimum atomic E-state index is -0.530. The molecule has 0 fully saturated rings. The molecule has 142 valence electrons. The fraction of sp³-hybridized carbons (Fsp3) is 0.455. The number of halogens is 2. The van der Waals surface area contributed by atoms with E-state index in [1.165, 1.54) is 31.4 Å². The van der Waals surface area contributed by atoms with E-state index in [0.717, 1.165) is 12.8 Å². The molecule has 0 saturated heterocycles. The van der Waals surface area contributed by atoms with E-state index < -0.39 is 11.6 Å². The predicted octanol–water partition coefficient (Wildman–Crippen LogP) is 6.06. The Bertz CT molecular complexity index is 769. The van der Waals surface area contributed by atoms with E-state index >= 15 is 4.39 Å². The molecule has 0 saturated carbocycles. The molecule has 0 spiro atoms. The minimum absolute atomic E-state index is 0.0240. The summed E-state index contributed by atoms with van der Waals surface area (Å²) in [6.45, 7) is 8.16. The van der Waals surface area contributed by atoms with Gasteiger partial charge < -0.3 is 9.84 Å². The molecule has 4 heteroatoms. The molecule has 2 rings (SSSR count). The van der Waals surface area contributed by atoms with Crippen LogP contribution >= 0.6 is 0 Å². The maximum absolute atomic E-state index is 15.0. The number of rotatable bonds is 7. The van der Waals surface area contributed by atoms with Crippen LogP contribution in [0.4, 0.5) is 8.78 Å². The molecular weight excluding hydrogens is 334 g/mol. The van der Waals surface area contributed by atoms with Gasteiger partial charge in [-0.25, -0.2) is 8.78 Å². The SMILES string of the molecule is CCCC(C)(C)C(C)c1cc(CO)cc(F)c1-c1cc(OC)ccc1F. The van der Waals surface area contributed by atoms with Crippen LogP contribution < -0.4 is 4.74 Å². The topological polar surface area (TPSA) is 29.5 Å². The third-order valence-corrected chi connectivity index (χ3v) is 5.34. The lowest BCUT2D eigenvalue weighted by Gasteiger charge is -2.34. The van der Waals surface area contributed by atoms with E-state index in [1.54, 1.807) is 6.07 Å². The van der Waals surface area contributed by atoms with E-state index in [2.05, 4.69) is 20.8 Å². The summed E-state index contributed by atoms with van der Waals surface area (Å²) in [7, 11) is 1.50. The lowest BCUT2D eigenvalue weighted by atomic mass is 9.71. The summed E-state index contributed by atoms with van der Waals surface area (Å²) < 4.78 is 34.8. The molecule has 2 aromatic rings. The monoisotopic (exact) mass is 362 g/mol. The molecule has 0 aliphatic rings. The summed E-state index contributed by atoms with van der Waals surface area (Å²) in [5.41, 5.74) is 1.53. The minimum Gasteiger partial charge on any atom is -0.497 e. The second-order valence-electron chi connectivity index (χ2n) is 7.51. The van der Waals surface area contributed by atoms with Gasteiger partial charge in [-0.15, -0.1) is 0 Å². The summed E-state index contributed by atoms with van der Waals surface area (Å²) in [6, 6.07) is 7.40. The highest BCUT2D eigenvalue weighted by Gasteiger charge is 2.30. The summed E-state index contributed by atoms with van der Waals surface area (Å²) in [5, 5.41) is 9.51. The highest BCUT2D eigenvalue weighted by Crippen LogP contribution is 2.44. The van der Waals surface area contributed by atoms with Gasteiger partial charge in [0.2, 0.25) is 0 Å². The smallest absolute Gasteiger partial charge is 0.131 e. The Morgan fingerprint density at radius 3 is 2.38 bits per heavy atom. The molecule has 0 aliphatic heterocycles. The second kappa shape index (κ2) is 8.17. The van der Waals surface area contributed by atoms with Crippen molar-refractivity contribution in [3.05, 3.63) is 53.1 Å². The van der Waals surface area contributed by atoms with Crippen molar-refractivity contribution in [1.82, 2.24) is 0 Å². The molecule has 2 aromatic carbocycles. The molecule has 2 nitrogen and oxygen atoms in total. The Labute approximate surface area is 154 Å². The van der Waals surface area contributed by atoms with Crippen LogP contribution in [0.15, 0.2) is 30.3 Å². The van der Waals surface area contributed by atoms with Crippen LogP contribution in [-0.2, 0) is 6.61 Å². The van der Waals surface area contributed by atoms with Crippen molar-refractivity contribution in [3.63, 3.8) is 0 Å². The molecule has 0 aliphatic carbocycles. The fourth-order valence-corrected chi connectivity index (χ4v) is 3.51. The number of hydrogen-bond acceptors (Lipinski definition) is 2. The van der Waals surface area contributed by atoms with E-state index in [1.807, 2.05) is 6.92 Å². The number of benzene rings is 2. The zero-order chi connectivity index (χ0) is 19.5. The van der Waals surface area contributed by atoms with Crippen molar-refractivity contribution in [2.75, 3.05) is 7.11 Å². The molecule has 1 N–H and O–H groups in total. The molecule has 0 amide bonds. The van der Waals surface area contributed by atoms with Gasteiger partial charge in [-0.2, -0.15) is 0 Å². The van der Waals surface area contributed by atoms with Crippen LogP contribution in [0, 0.1) is 17.0 Å². The molecule has 0 bridgehead atoms. The van der Waals surface area contributed by atoms with Gasteiger partial charge in [0.25, 0.3) is 0 Å². The Morgan fingerprint density at radius 1 is 1.12 bits per heavy atom. The van der Waals surface area contributed by atoms with Crippen LogP contribution in [0.3, 0.4) is 0 Å². The predicted molar refractivity (Wildman–Crippen MR) is 101 cm³/mol. The Hall–Kier alpha value is -1.94. The van der Waals surface area contributed by atoms with Crippen LogP contribution in [-0.4, -0.2) is 12.2 Å². The first-order valence-electron chi connectivity index (χ1n) is 9.02.